The van der Waals surface area contributed by atoms with Gasteiger partial charge in [-0.05, 0) is 19.3 Å². The molecule has 13 heavy (non-hydrogen) atoms. The Hall–Kier alpha value is -0.220. The minimum atomic E-state index is -0.716. The van der Waals surface area contributed by atoms with E-state index in [0.717, 1.165) is 12.3 Å². The van der Waals surface area contributed by atoms with Crippen LogP contribution >= 0.6 is 11.8 Å². The van der Waals surface area contributed by atoms with Crippen molar-refractivity contribution in [1.29, 1.82) is 0 Å². The average molecular weight is 201 g/mol. The van der Waals surface area contributed by atoms with Crippen LogP contribution in [-0.2, 0) is 4.79 Å². The first-order chi connectivity index (χ1) is 6.09. The van der Waals surface area contributed by atoms with Gasteiger partial charge in [-0.3, -0.25) is 10.1 Å². The third kappa shape index (κ3) is 2.17. The van der Waals surface area contributed by atoms with Crippen LogP contribution in [0.25, 0.3) is 0 Å². The van der Waals surface area contributed by atoms with E-state index in [2.05, 4.69) is 12.2 Å². The summed E-state index contributed by atoms with van der Waals surface area (Å²) >= 11 is 1.76. The molecule has 74 valence electrons. The van der Waals surface area contributed by atoms with E-state index >= 15 is 0 Å². The van der Waals surface area contributed by atoms with Crippen LogP contribution in [0.3, 0.4) is 0 Å². The van der Waals surface area contributed by atoms with Crippen LogP contribution in [-0.4, -0.2) is 27.7 Å². The van der Waals surface area contributed by atoms with Gasteiger partial charge in [0.15, 0.2) is 0 Å². The number of hydrogen-bond acceptors (Lipinski definition) is 3. The van der Waals surface area contributed by atoms with Gasteiger partial charge in [0.25, 0.3) is 0 Å². The molecule has 2 aliphatic rings. The van der Waals surface area contributed by atoms with Crippen molar-refractivity contribution in [2.24, 2.45) is 5.92 Å². The van der Waals surface area contributed by atoms with Crippen molar-refractivity contribution < 1.29 is 9.90 Å². The van der Waals surface area contributed by atoms with Gasteiger partial charge < -0.3 is 5.11 Å². The van der Waals surface area contributed by atoms with Gasteiger partial charge in [-0.25, -0.2) is 0 Å². The lowest BCUT2D eigenvalue weighted by Gasteiger charge is -2.23. The van der Waals surface area contributed by atoms with Crippen molar-refractivity contribution in [3.8, 4) is 0 Å². The van der Waals surface area contributed by atoms with E-state index in [-0.39, 0.29) is 10.9 Å². The van der Waals surface area contributed by atoms with Gasteiger partial charge in [-0.1, -0.05) is 12.8 Å². The second kappa shape index (κ2) is 3.17. The predicted molar refractivity (Wildman–Crippen MR) is 52.8 cm³/mol. The highest BCUT2D eigenvalue weighted by atomic mass is 32.2. The maximum absolute atomic E-state index is 10.7. The summed E-state index contributed by atoms with van der Waals surface area (Å²) in [6, 6.07) is -0.339. The molecule has 0 spiro atoms. The van der Waals surface area contributed by atoms with E-state index in [1.54, 1.807) is 11.8 Å². The minimum absolute atomic E-state index is 0.0181. The van der Waals surface area contributed by atoms with Gasteiger partial charge in [0, 0.05) is 5.75 Å². The Kier molecular flexibility index (Phi) is 2.28. The summed E-state index contributed by atoms with van der Waals surface area (Å²) in [4.78, 5) is 10.7. The Morgan fingerprint density at radius 2 is 2.38 bits per heavy atom. The summed E-state index contributed by atoms with van der Waals surface area (Å²) < 4.78 is 0. The summed E-state index contributed by atoms with van der Waals surface area (Å²) in [7, 11) is 0. The molecule has 0 radical (unpaired) electrons. The molecule has 2 N–H and O–H groups in total. The number of hydrogen-bond donors (Lipinski definition) is 2. The molecule has 3 nitrogen and oxygen atoms in total. The zero-order valence-corrected chi connectivity index (χ0v) is 8.56. The first kappa shape index (κ1) is 9.34. The molecule has 2 atom stereocenters. The van der Waals surface area contributed by atoms with E-state index in [4.69, 9.17) is 5.11 Å². The van der Waals surface area contributed by atoms with Crippen LogP contribution in [0.5, 0.6) is 0 Å². The standard InChI is InChI=1S/C9H15NO2S/c1-9(4-6-2-3-6)10-7(5-13-9)8(11)12/h6-7,10H,2-5H2,1H3,(H,11,12)/t7-,9?/m1/s1. The molecule has 2 rings (SSSR count). The highest BCUT2D eigenvalue weighted by Gasteiger charge is 2.41. The highest BCUT2D eigenvalue weighted by molar-refractivity contribution is 8.00. The largest absolute Gasteiger partial charge is 0.480 e. The fourth-order valence-corrected chi connectivity index (χ4v) is 3.18. The Morgan fingerprint density at radius 3 is 2.85 bits per heavy atom. The van der Waals surface area contributed by atoms with E-state index < -0.39 is 5.97 Å². The fourth-order valence-electron chi connectivity index (χ4n) is 1.84. The van der Waals surface area contributed by atoms with Gasteiger partial charge >= 0.3 is 5.97 Å². The van der Waals surface area contributed by atoms with Crippen LogP contribution in [0.15, 0.2) is 0 Å². The van der Waals surface area contributed by atoms with Gasteiger partial charge in [-0.15, -0.1) is 11.8 Å². The third-order valence-corrected chi connectivity index (χ3v) is 4.14. The molecular weight excluding hydrogens is 186 g/mol. The quantitative estimate of drug-likeness (QED) is 0.722. The fraction of sp³-hybridized carbons (Fsp3) is 0.889. The molecule has 0 aromatic carbocycles. The van der Waals surface area contributed by atoms with Crippen molar-refractivity contribution in [2.45, 2.75) is 37.1 Å². The van der Waals surface area contributed by atoms with Crippen LogP contribution in [0.4, 0.5) is 0 Å². The molecule has 1 aliphatic heterocycles. The van der Waals surface area contributed by atoms with Crippen molar-refractivity contribution >= 4 is 17.7 Å². The third-order valence-electron chi connectivity index (χ3n) is 2.72. The maximum Gasteiger partial charge on any atom is 0.321 e. The van der Waals surface area contributed by atoms with Crippen molar-refractivity contribution in [3.05, 3.63) is 0 Å². The second-order valence-corrected chi connectivity index (χ2v) is 5.75. The molecule has 1 aliphatic carbocycles. The predicted octanol–water partition coefficient (Wildman–Crippen LogP) is 1.29. The molecule has 2 fully saturated rings. The Balaban J connectivity index is 1.90. The number of carbonyl (C=O) groups is 1. The first-order valence-corrected chi connectivity index (χ1v) is 5.72. The second-order valence-electron chi connectivity index (χ2n) is 4.22. The molecule has 1 unspecified atom stereocenters. The molecule has 0 aromatic rings. The van der Waals surface area contributed by atoms with E-state index in [1.165, 1.54) is 12.8 Å². The summed E-state index contributed by atoms with van der Waals surface area (Å²) in [5.41, 5.74) is 0. The van der Waals surface area contributed by atoms with Gasteiger partial charge in [0.05, 0.1) is 4.87 Å². The molecule has 4 heteroatoms. The molecule has 1 saturated carbocycles. The van der Waals surface area contributed by atoms with E-state index in [0.29, 0.717) is 5.75 Å². The van der Waals surface area contributed by atoms with Gasteiger partial charge in [0.1, 0.15) is 6.04 Å². The lowest BCUT2D eigenvalue weighted by Crippen LogP contribution is -2.43. The van der Waals surface area contributed by atoms with Gasteiger partial charge in [0.2, 0.25) is 0 Å². The van der Waals surface area contributed by atoms with Crippen LogP contribution in [0.1, 0.15) is 26.2 Å². The van der Waals surface area contributed by atoms with Crippen LogP contribution in [0, 0.1) is 5.92 Å². The number of aliphatic carboxylic acids is 1. The number of nitrogens with one attached hydrogen (secondary N) is 1. The number of carboxylic acid groups (broad SMARTS) is 1. The van der Waals surface area contributed by atoms with Gasteiger partial charge in [-0.2, -0.15) is 0 Å². The number of thioether (sulfide) groups is 1. The molecule has 0 amide bonds. The lowest BCUT2D eigenvalue weighted by atomic mass is 10.1. The molecule has 1 heterocycles. The molecular formula is C9H15NO2S. The topological polar surface area (TPSA) is 49.3 Å². The summed E-state index contributed by atoms with van der Waals surface area (Å²) in [6.45, 7) is 2.12. The number of carboxylic acids is 1. The Labute approximate surface area is 82.3 Å². The zero-order chi connectivity index (χ0) is 9.47. The Morgan fingerprint density at radius 1 is 1.69 bits per heavy atom. The van der Waals surface area contributed by atoms with Crippen LogP contribution < -0.4 is 5.32 Å². The highest BCUT2D eigenvalue weighted by Crippen LogP contribution is 2.43. The van der Waals surface area contributed by atoms with Crippen molar-refractivity contribution in [2.75, 3.05) is 5.75 Å². The van der Waals surface area contributed by atoms with Crippen molar-refractivity contribution in [3.63, 3.8) is 0 Å². The first-order valence-electron chi connectivity index (χ1n) is 4.73. The average Bonchev–Trinajstić information content (AvgIpc) is 2.73. The maximum atomic E-state index is 10.7. The minimum Gasteiger partial charge on any atom is -0.480 e. The van der Waals surface area contributed by atoms with Crippen LogP contribution in [0.2, 0.25) is 0 Å². The zero-order valence-electron chi connectivity index (χ0n) is 7.75. The smallest absolute Gasteiger partial charge is 0.321 e. The van der Waals surface area contributed by atoms with E-state index in [1.807, 2.05) is 0 Å². The summed E-state index contributed by atoms with van der Waals surface area (Å²) in [5, 5.41) is 12.0. The van der Waals surface area contributed by atoms with Crippen molar-refractivity contribution in [1.82, 2.24) is 5.32 Å². The van der Waals surface area contributed by atoms with E-state index in [9.17, 15) is 4.79 Å². The number of rotatable bonds is 3. The normalized spacial score (nSPS) is 39.3. The summed E-state index contributed by atoms with van der Waals surface area (Å²) in [5.74, 6) is 0.836. The molecule has 1 saturated heterocycles. The molecule has 0 bridgehead atoms. The SMILES string of the molecule is CC1(CC2CC2)N[C@@H](C(=O)O)CS1. The Bertz CT molecular complexity index is 230. The monoisotopic (exact) mass is 201 g/mol. The lowest BCUT2D eigenvalue weighted by molar-refractivity contribution is -0.138. The summed E-state index contributed by atoms with van der Waals surface area (Å²) in [6.07, 6.45) is 3.78. The molecule has 0 aromatic heterocycles.